The van der Waals surface area contributed by atoms with E-state index < -0.39 is 15.1 Å². The molecule has 1 N–H and O–H groups in total. The van der Waals surface area contributed by atoms with Gasteiger partial charge in [0.05, 0.1) is 18.5 Å². The number of sulfone groups is 1. The van der Waals surface area contributed by atoms with Gasteiger partial charge in [-0.2, -0.15) is 0 Å². The van der Waals surface area contributed by atoms with E-state index in [-0.39, 0.29) is 18.5 Å². The third-order valence-electron chi connectivity index (χ3n) is 5.39. The Labute approximate surface area is 162 Å². The molecule has 3 rings (SSSR count). The van der Waals surface area contributed by atoms with E-state index in [1.54, 1.807) is 6.07 Å². The number of hydrogen-bond acceptors (Lipinski definition) is 5. The Bertz CT molecular complexity index is 815. The van der Waals surface area contributed by atoms with Crippen molar-refractivity contribution in [3.8, 4) is 0 Å². The molecule has 150 valence electrons. The first kappa shape index (κ1) is 20.4. The van der Waals surface area contributed by atoms with E-state index in [9.17, 15) is 8.42 Å². The largest absolute Gasteiger partial charge is 0.459 e. The molecule has 6 heteroatoms. The molecule has 0 aliphatic carbocycles. The van der Waals surface area contributed by atoms with Gasteiger partial charge < -0.3 is 14.3 Å². The molecule has 0 unspecified atom stereocenters. The molecule has 0 saturated carbocycles. The van der Waals surface area contributed by atoms with Crippen LogP contribution in [0.3, 0.4) is 0 Å². The van der Waals surface area contributed by atoms with Gasteiger partial charge in [0.2, 0.25) is 0 Å². The first-order chi connectivity index (χ1) is 13.0. The summed E-state index contributed by atoms with van der Waals surface area (Å²) in [5.41, 5.74) is 3.40. The normalized spacial score (nSPS) is 24.6. The van der Waals surface area contributed by atoms with Crippen LogP contribution in [-0.4, -0.2) is 37.2 Å². The van der Waals surface area contributed by atoms with Crippen molar-refractivity contribution in [2.24, 2.45) is 0 Å². The average Bonchev–Trinajstić information content (AvgIpc) is 3.31. The number of fused-ring (bicyclic) bond motifs is 1. The van der Waals surface area contributed by atoms with Crippen LogP contribution in [0.2, 0.25) is 0 Å². The second-order valence-electron chi connectivity index (χ2n) is 7.48. The van der Waals surface area contributed by atoms with Gasteiger partial charge in [0.1, 0.15) is 23.4 Å². The minimum absolute atomic E-state index is 0.0846. The number of aliphatic hydroxyl groups excluding tert-OH is 1. The van der Waals surface area contributed by atoms with Gasteiger partial charge in [-0.25, -0.2) is 8.42 Å². The Kier molecular flexibility index (Phi) is 6.61. The van der Waals surface area contributed by atoms with Crippen molar-refractivity contribution in [2.45, 2.75) is 70.3 Å². The van der Waals surface area contributed by atoms with Gasteiger partial charge in [0, 0.05) is 0 Å². The van der Waals surface area contributed by atoms with Crippen LogP contribution in [0.4, 0.5) is 0 Å². The predicted molar refractivity (Wildman–Crippen MR) is 106 cm³/mol. The first-order valence-corrected chi connectivity index (χ1v) is 11.6. The zero-order valence-electron chi connectivity index (χ0n) is 16.2. The summed E-state index contributed by atoms with van der Waals surface area (Å²) < 4.78 is 36.3. The van der Waals surface area contributed by atoms with Crippen LogP contribution in [-0.2, 0) is 21.2 Å². The van der Waals surface area contributed by atoms with Crippen molar-refractivity contribution >= 4 is 15.9 Å². The van der Waals surface area contributed by atoms with Crippen molar-refractivity contribution in [3.63, 3.8) is 0 Å². The van der Waals surface area contributed by atoms with E-state index in [1.807, 2.05) is 12.1 Å². The Balaban J connectivity index is 1.72. The molecule has 2 aliphatic rings. The molecule has 2 atom stereocenters. The molecule has 0 bridgehead atoms. The molecule has 3 heterocycles. The molecule has 0 radical (unpaired) electrons. The second-order valence-corrected chi connectivity index (χ2v) is 9.66. The van der Waals surface area contributed by atoms with Gasteiger partial charge in [-0.3, -0.25) is 0 Å². The minimum atomic E-state index is -3.08. The van der Waals surface area contributed by atoms with Crippen molar-refractivity contribution in [1.29, 1.82) is 0 Å². The molecule has 5 nitrogen and oxygen atoms in total. The van der Waals surface area contributed by atoms with Gasteiger partial charge in [0.25, 0.3) is 0 Å². The van der Waals surface area contributed by atoms with Gasteiger partial charge in [0.15, 0.2) is 9.84 Å². The zero-order chi connectivity index (χ0) is 19.4. The summed E-state index contributed by atoms with van der Waals surface area (Å²) in [6, 6.07) is 3.65. The quantitative estimate of drug-likeness (QED) is 0.640. The lowest BCUT2D eigenvalue weighted by Gasteiger charge is -2.15. The molecule has 0 amide bonds. The van der Waals surface area contributed by atoms with Gasteiger partial charge >= 0.3 is 0 Å². The molecular weight excluding hydrogens is 364 g/mol. The molecule has 1 aromatic heterocycles. The lowest BCUT2D eigenvalue weighted by atomic mass is 9.94. The summed E-state index contributed by atoms with van der Waals surface area (Å²) in [6.07, 6.45) is 7.41. The highest BCUT2D eigenvalue weighted by Gasteiger charge is 2.46. The molecular formula is C21H30O5S. The number of hydrogen-bond donors (Lipinski definition) is 1. The summed E-state index contributed by atoms with van der Waals surface area (Å²) in [6.45, 7) is 4.44. The highest BCUT2D eigenvalue weighted by atomic mass is 32.2. The highest BCUT2D eigenvalue weighted by molar-refractivity contribution is 7.92. The van der Waals surface area contributed by atoms with E-state index >= 15 is 0 Å². The summed E-state index contributed by atoms with van der Waals surface area (Å²) in [5.74, 6) is 1.53. The highest BCUT2D eigenvalue weighted by Crippen LogP contribution is 2.40. The number of rotatable bonds is 9. The molecule has 2 aliphatic heterocycles. The smallest absolute Gasteiger partial charge is 0.163 e. The lowest BCUT2D eigenvalue weighted by molar-refractivity contribution is 0.117. The number of ether oxygens (including phenoxy) is 1. The Morgan fingerprint density at radius 2 is 2.07 bits per heavy atom. The molecule has 0 spiro atoms. The van der Waals surface area contributed by atoms with Gasteiger partial charge in [-0.1, -0.05) is 37.8 Å². The van der Waals surface area contributed by atoms with E-state index in [1.165, 1.54) is 5.57 Å². The number of allylic oxidation sites excluding steroid dienone is 1. The van der Waals surface area contributed by atoms with Crippen LogP contribution < -0.4 is 0 Å². The third kappa shape index (κ3) is 4.55. The van der Waals surface area contributed by atoms with E-state index in [0.717, 1.165) is 55.4 Å². The molecule has 27 heavy (non-hydrogen) atoms. The van der Waals surface area contributed by atoms with Crippen molar-refractivity contribution in [3.05, 3.63) is 40.4 Å². The maximum Gasteiger partial charge on any atom is 0.163 e. The molecule has 1 saturated heterocycles. The summed E-state index contributed by atoms with van der Waals surface area (Å²) in [5, 5.41) is 8.73. The van der Waals surface area contributed by atoms with Crippen LogP contribution in [0, 0.1) is 0 Å². The second kappa shape index (κ2) is 8.76. The van der Waals surface area contributed by atoms with E-state index in [0.29, 0.717) is 12.4 Å². The predicted octanol–water partition coefficient (Wildman–Crippen LogP) is 4.03. The fourth-order valence-corrected chi connectivity index (χ4v) is 6.18. The summed E-state index contributed by atoms with van der Waals surface area (Å²) in [4.78, 5) is 0. The van der Waals surface area contributed by atoms with Gasteiger partial charge in [-0.05, 0) is 49.5 Å². The SMILES string of the molecule is CCCC1=C2[C@@H](CC/C(=C/c3ccc(CO)o3)CCC)OC[C@@H]2S(=O)(=O)C1. The Hall–Kier alpha value is -1.37. The van der Waals surface area contributed by atoms with Crippen molar-refractivity contribution in [2.75, 3.05) is 12.4 Å². The Morgan fingerprint density at radius 1 is 1.26 bits per heavy atom. The standard InChI is InChI=1S/C21H30O5S/c1-3-5-15(11-17-8-9-18(12-22)26-17)7-10-19-21-16(6-4-2)14-27(23,24)20(21)13-25-19/h8-9,11,19-20,22H,3-7,10,12-14H2,1-2H3/b15-11+/t19-,20+/m1/s1. The number of aliphatic hydroxyl groups is 1. The first-order valence-electron chi connectivity index (χ1n) is 9.92. The van der Waals surface area contributed by atoms with Crippen molar-refractivity contribution in [1.82, 2.24) is 0 Å². The van der Waals surface area contributed by atoms with Crippen LogP contribution in [0.15, 0.2) is 33.3 Å². The van der Waals surface area contributed by atoms with Crippen molar-refractivity contribution < 1.29 is 22.7 Å². The van der Waals surface area contributed by atoms with Gasteiger partial charge in [-0.15, -0.1) is 0 Å². The van der Waals surface area contributed by atoms with Crippen LogP contribution in [0.1, 0.15) is 63.9 Å². The van der Waals surface area contributed by atoms with E-state index in [4.69, 9.17) is 14.3 Å². The monoisotopic (exact) mass is 394 g/mol. The fraction of sp³-hybridized carbons (Fsp3) is 0.619. The minimum Gasteiger partial charge on any atom is -0.459 e. The topological polar surface area (TPSA) is 76.7 Å². The van der Waals surface area contributed by atoms with Crippen LogP contribution >= 0.6 is 0 Å². The van der Waals surface area contributed by atoms with Crippen LogP contribution in [0.5, 0.6) is 0 Å². The zero-order valence-corrected chi connectivity index (χ0v) is 17.1. The molecule has 1 aromatic rings. The Morgan fingerprint density at radius 3 is 2.74 bits per heavy atom. The van der Waals surface area contributed by atoms with Crippen LogP contribution in [0.25, 0.3) is 6.08 Å². The molecule has 1 fully saturated rings. The van der Waals surface area contributed by atoms with E-state index in [2.05, 4.69) is 13.8 Å². The third-order valence-corrected chi connectivity index (χ3v) is 7.40. The fourth-order valence-electron chi connectivity index (χ4n) is 4.19. The average molecular weight is 395 g/mol. The maximum absolute atomic E-state index is 12.4. The lowest BCUT2D eigenvalue weighted by Crippen LogP contribution is -2.19. The number of furan rings is 1. The maximum atomic E-state index is 12.4. The molecule has 0 aromatic carbocycles. The summed E-state index contributed by atoms with van der Waals surface area (Å²) in [7, 11) is -3.08. The summed E-state index contributed by atoms with van der Waals surface area (Å²) >= 11 is 0.